The van der Waals surface area contributed by atoms with Crippen LogP contribution in [0.25, 0.3) is 17.5 Å². The van der Waals surface area contributed by atoms with Crippen molar-refractivity contribution in [2.75, 3.05) is 23.9 Å². The van der Waals surface area contributed by atoms with Crippen LogP contribution in [-0.4, -0.2) is 43.9 Å². The second-order valence-electron chi connectivity index (χ2n) is 11.0. The molecule has 1 saturated heterocycles. The van der Waals surface area contributed by atoms with Crippen molar-refractivity contribution >= 4 is 46.0 Å². The average molecular weight is 620 g/mol. The first kappa shape index (κ1) is 29.8. The van der Waals surface area contributed by atoms with Crippen LogP contribution >= 0.6 is 11.8 Å². The van der Waals surface area contributed by atoms with E-state index in [1.54, 1.807) is 41.1 Å². The average Bonchev–Trinajstić information content (AvgIpc) is 3.54. The molecular formula is C34H33N7O3S. The van der Waals surface area contributed by atoms with Crippen LogP contribution in [0.5, 0.6) is 0 Å². The van der Waals surface area contributed by atoms with Gasteiger partial charge in [-0.3, -0.25) is 23.7 Å². The molecular weight excluding hydrogens is 586 g/mol. The molecule has 228 valence electrons. The molecule has 1 fully saturated rings. The summed E-state index contributed by atoms with van der Waals surface area (Å²) in [4.78, 5) is 50.6. The van der Waals surface area contributed by atoms with Gasteiger partial charge < -0.3 is 4.90 Å². The van der Waals surface area contributed by atoms with Gasteiger partial charge in [0.2, 0.25) is 0 Å². The summed E-state index contributed by atoms with van der Waals surface area (Å²) in [5, 5.41) is 0.230. The predicted octanol–water partition coefficient (Wildman–Crippen LogP) is 5.16. The molecule has 1 amide bonds. The summed E-state index contributed by atoms with van der Waals surface area (Å²) in [6.07, 6.45) is 1.79. The zero-order chi connectivity index (χ0) is 32.0. The van der Waals surface area contributed by atoms with Crippen molar-refractivity contribution < 1.29 is 4.79 Å². The second-order valence-corrected chi connectivity index (χ2v) is 12.0. The number of amidine groups is 1. The standard InChI is InChI=1S/C34H33N7O3S/c1-22-29(32(43)40(37(22)5)26-13-9-7-10-14-26)35-34-39(30-23(2)38(6)41(33(30)44)27-15-11-8-12-16-27)31(42)28(45-34)21-24-17-19-25(20-18-24)36(3)4/h7-21H,1-6H3. The summed E-state index contributed by atoms with van der Waals surface area (Å²) in [7, 11) is 7.50. The lowest BCUT2D eigenvalue weighted by atomic mass is 10.2. The van der Waals surface area contributed by atoms with Crippen LogP contribution in [0.1, 0.15) is 17.0 Å². The van der Waals surface area contributed by atoms with E-state index in [0.29, 0.717) is 27.7 Å². The van der Waals surface area contributed by atoms with E-state index in [1.165, 1.54) is 9.58 Å². The van der Waals surface area contributed by atoms with Crippen molar-refractivity contribution in [1.82, 2.24) is 18.7 Å². The molecule has 45 heavy (non-hydrogen) atoms. The van der Waals surface area contributed by atoms with Gasteiger partial charge in [-0.25, -0.2) is 19.3 Å². The Balaban J connectivity index is 1.54. The molecule has 0 unspecified atom stereocenters. The number of hydrogen-bond donors (Lipinski definition) is 0. The number of anilines is 2. The SMILES string of the molecule is Cc1c(N=C2SC(=Cc3ccc(N(C)C)cc3)C(=O)N2c2c(C)n(C)n(-c3ccccc3)c2=O)c(=O)n(-c2ccccc2)n1C. The van der Waals surface area contributed by atoms with E-state index in [2.05, 4.69) is 0 Å². The highest BCUT2D eigenvalue weighted by Gasteiger charge is 2.39. The predicted molar refractivity (Wildman–Crippen MR) is 182 cm³/mol. The Kier molecular flexibility index (Phi) is 7.71. The monoisotopic (exact) mass is 619 g/mol. The van der Waals surface area contributed by atoms with Crippen LogP contribution in [-0.2, 0) is 18.9 Å². The van der Waals surface area contributed by atoms with E-state index >= 15 is 0 Å². The van der Waals surface area contributed by atoms with Gasteiger partial charge >= 0.3 is 0 Å². The molecule has 11 heteroatoms. The van der Waals surface area contributed by atoms with Crippen molar-refractivity contribution in [3.63, 3.8) is 0 Å². The minimum atomic E-state index is -0.390. The number of thioether (sulfide) groups is 1. The van der Waals surface area contributed by atoms with Crippen molar-refractivity contribution in [1.29, 1.82) is 0 Å². The molecule has 2 aromatic heterocycles. The van der Waals surface area contributed by atoms with Crippen molar-refractivity contribution in [2.45, 2.75) is 13.8 Å². The van der Waals surface area contributed by atoms with Crippen LogP contribution in [0.3, 0.4) is 0 Å². The maximum absolute atomic E-state index is 14.2. The van der Waals surface area contributed by atoms with Crippen LogP contribution in [0.15, 0.2) is 104 Å². The normalized spacial score (nSPS) is 15.1. The molecule has 10 nitrogen and oxygen atoms in total. The molecule has 5 aromatic rings. The van der Waals surface area contributed by atoms with Gasteiger partial charge in [-0.15, -0.1) is 0 Å². The summed E-state index contributed by atoms with van der Waals surface area (Å²) < 4.78 is 6.53. The fourth-order valence-electron chi connectivity index (χ4n) is 5.36. The number of rotatable bonds is 6. The second kappa shape index (κ2) is 11.7. The summed E-state index contributed by atoms with van der Waals surface area (Å²) in [5.41, 5.74) is 4.08. The topological polar surface area (TPSA) is 89.8 Å². The Labute approximate surface area is 264 Å². The molecule has 3 heterocycles. The van der Waals surface area contributed by atoms with Crippen LogP contribution in [0.2, 0.25) is 0 Å². The molecule has 0 radical (unpaired) electrons. The zero-order valence-electron chi connectivity index (χ0n) is 25.9. The summed E-state index contributed by atoms with van der Waals surface area (Å²) in [6.45, 7) is 3.61. The van der Waals surface area contributed by atoms with Gasteiger partial charge in [0.25, 0.3) is 17.0 Å². The highest BCUT2D eigenvalue weighted by Crippen LogP contribution is 2.38. The number of benzene rings is 3. The maximum Gasteiger partial charge on any atom is 0.297 e. The van der Waals surface area contributed by atoms with E-state index in [0.717, 1.165) is 23.0 Å². The van der Waals surface area contributed by atoms with E-state index < -0.39 is 5.91 Å². The Morgan fingerprint density at radius 3 is 1.80 bits per heavy atom. The number of aromatic nitrogens is 4. The summed E-state index contributed by atoms with van der Waals surface area (Å²) in [6, 6.07) is 26.4. The molecule has 0 atom stereocenters. The Morgan fingerprint density at radius 1 is 0.711 bits per heavy atom. The Bertz CT molecular complexity index is 2100. The first-order valence-corrected chi connectivity index (χ1v) is 15.2. The third-order valence-electron chi connectivity index (χ3n) is 7.99. The van der Waals surface area contributed by atoms with Gasteiger partial charge in [-0.2, -0.15) is 0 Å². The quantitative estimate of drug-likeness (QED) is 0.245. The minimum absolute atomic E-state index is 0.181. The van der Waals surface area contributed by atoms with Gasteiger partial charge in [0.1, 0.15) is 5.69 Å². The lowest BCUT2D eigenvalue weighted by Gasteiger charge is -2.14. The molecule has 1 aliphatic heterocycles. The van der Waals surface area contributed by atoms with Crippen molar-refractivity contribution in [2.24, 2.45) is 19.1 Å². The van der Waals surface area contributed by atoms with E-state index in [1.807, 2.05) is 111 Å². The highest BCUT2D eigenvalue weighted by molar-refractivity contribution is 8.19. The molecule has 0 saturated carbocycles. The number of aliphatic imine (C=N–C) groups is 1. The van der Waals surface area contributed by atoms with Crippen LogP contribution < -0.4 is 20.9 Å². The zero-order valence-corrected chi connectivity index (χ0v) is 26.7. The van der Waals surface area contributed by atoms with Crippen molar-refractivity contribution in [3.8, 4) is 11.4 Å². The Morgan fingerprint density at radius 2 is 1.24 bits per heavy atom. The first-order chi connectivity index (χ1) is 21.6. The molecule has 6 rings (SSSR count). The van der Waals surface area contributed by atoms with Gasteiger partial charge in [-0.05, 0) is 73.6 Å². The summed E-state index contributed by atoms with van der Waals surface area (Å²) >= 11 is 1.14. The molecule has 1 aliphatic rings. The van der Waals surface area contributed by atoms with Crippen molar-refractivity contribution in [3.05, 3.63) is 127 Å². The van der Waals surface area contributed by atoms with Gasteiger partial charge in [0.15, 0.2) is 10.9 Å². The van der Waals surface area contributed by atoms with Crippen LogP contribution in [0.4, 0.5) is 17.1 Å². The van der Waals surface area contributed by atoms with Gasteiger partial charge in [0, 0.05) is 33.9 Å². The third-order valence-corrected chi connectivity index (χ3v) is 8.96. The van der Waals surface area contributed by atoms with Crippen LogP contribution in [0, 0.1) is 13.8 Å². The Hall–Kier alpha value is -5.29. The number of para-hydroxylation sites is 2. The smallest absolute Gasteiger partial charge is 0.297 e. The van der Waals surface area contributed by atoms with Gasteiger partial charge in [0.05, 0.1) is 27.7 Å². The fraction of sp³-hybridized carbons (Fsp3) is 0.176. The fourth-order valence-corrected chi connectivity index (χ4v) is 6.33. The summed E-state index contributed by atoms with van der Waals surface area (Å²) in [5.74, 6) is -0.390. The lowest BCUT2D eigenvalue weighted by Crippen LogP contribution is -2.34. The first-order valence-electron chi connectivity index (χ1n) is 14.4. The molecule has 0 spiro atoms. The molecule has 0 bridgehead atoms. The van der Waals surface area contributed by atoms with E-state index in [9.17, 15) is 14.4 Å². The molecule has 0 aliphatic carbocycles. The number of nitrogens with zero attached hydrogens (tertiary/aromatic N) is 7. The van der Waals surface area contributed by atoms with E-state index in [4.69, 9.17) is 4.99 Å². The van der Waals surface area contributed by atoms with Gasteiger partial charge in [-0.1, -0.05) is 48.5 Å². The maximum atomic E-state index is 14.2. The molecule has 0 N–H and O–H groups in total. The molecule has 3 aromatic carbocycles. The number of amides is 1. The third kappa shape index (κ3) is 5.14. The number of hydrogen-bond acceptors (Lipinski definition) is 6. The van der Waals surface area contributed by atoms with E-state index in [-0.39, 0.29) is 27.7 Å². The largest absolute Gasteiger partial charge is 0.378 e. The minimum Gasteiger partial charge on any atom is -0.378 e. The number of carbonyl (C=O) groups is 1. The number of carbonyl (C=O) groups excluding carboxylic acids is 1. The lowest BCUT2D eigenvalue weighted by molar-refractivity contribution is -0.113. The highest BCUT2D eigenvalue weighted by atomic mass is 32.2.